The van der Waals surface area contributed by atoms with Crippen molar-refractivity contribution < 1.29 is 19.4 Å². The molecule has 0 aliphatic carbocycles. The highest BCUT2D eigenvalue weighted by Crippen LogP contribution is 2.21. The monoisotopic (exact) mass is 279 g/mol. The van der Waals surface area contributed by atoms with Crippen LogP contribution in [0.3, 0.4) is 0 Å². The van der Waals surface area contributed by atoms with Crippen molar-refractivity contribution in [2.24, 2.45) is 0 Å². The maximum Gasteiger partial charge on any atom is 0.325 e. The summed E-state index contributed by atoms with van der Waals surface area (Å²) in [6.45, 7) is 7.31. The molecule has 1 rings (SSSR count). The fourth-order valence-electron chi connectivity index (χ4n) is 1.81. The smallest absolute Gasteiger partial charge is 0.325 e. The molecule has 0 heterocycles. The predicted molar refractivity (Wildman–Crippen MR) is 75.6 cm³/mol. The largest absolute Gasteiger partial charge is 0.507 e. The van der Waals surface area contributed by atoms with Crippen molar-refractivity contribution in [3.8, 4) is 5.75 Å². The summed E-state index contributed by atoms with van der Waals surface area (Å²) in [5, 5.41) is 9.81. The summed E-state index contributed by atoms with van der Waals surface area (Å²) in [5.41, 5.74) is 1.06. The van der Waals surface area contributed by atoms with Crippen LogP contribution in [0.4, 0.5) is 0 Å². The number of phenolic OH excluding ortho intramolecular Hbond substituents is 1. The predicted octanol–water partition coefficient (Wildman–Crippen LogP) is 2.11. The first-order chi connectivity index (χ1) is 9.36. The topological polar surface area (TPSA) is 66.8 Å². The number of carbonyl (C=O) groups is 2. The van der Waals surface area contributed by atoms with E-state index in [1.165, 1.54) is 11.0 Å². The number of nitrogens with zero attached hydrogens (tertiary/aromatic N) is 1. The summed E-state index contributed by atoms with van der Waals surface area (Å²) in [6, 6.07) is 4.63. The zero-order chi connectivity index (χ0) is 15.3. The van der Waals surface area contributed by atoms with E-state index in [2.05, 4.69) is 0 Å². The number of aromatic hydroxyl groups is 1. The first-order valence-electron chi connectivity index (χ1n) is 6.63. The summed E-state index contributed by atoms with van der Waals surface area (Å²) in [4.78, 5) is 25.4. The maximum absolute atomic E-state index is 12.5. The Bertz CT molecular complexity index is 497. The van der Waals surface area contributed by atoms with Gasteiger partial charge < -0.3 is 14.7 Å². The Hall–Kier alpha value is -2.04. The van der Waals surface area contributed by atoms with Crippen LogP contribution in [0.2, 0.25) is 0 Å². The summed E-state index contributed by atoms with van der Waals surface area (Å²) < 4.78 is 4.87. The average Bonchev–Trinajstić information content (AvgIpc) is 2.38. The molecule has 0 atom stereocenters. The SMILES string of the molecule is CCOC(=O)CN(C(=O)c1cc(C)ccc1O)C(C)C. The first kappa shape index (κ1) is 16.0. The molecule has 0 saturated heterocycles. The lowest BCUT2D eigenvalue weighted by molar-refractivity contribution is -0.144. The third kappa shape index (κ3) is 3.98. The first-order valence-corrected chi connectivity index (χ1v) is 6.63. The van der Waals surface area contributed by atoms with Crippen LogP contribution in [-0.4, -0.2) is 41.1 Å². The molecule has 110 valence electrons. The molecule has 0 aromatic heterocycles. The van der Waals surface area contributed by atoms with E-state index in [4.69, 9.17) is 4.74 Å². The maximum atomic E-state index is 12.5. The number of carbonyl (C=O) groups excluding carboxylic acids is 2. The third-order valence-corrected chi connectivity index (χ3v) is 2.87. The summed E-state index contributed by atoms with van der Waals surface area (Å²) in [5.74, 6) is -0.925. The molecular formula is C15H21NO4. The molecule has 0 spiro atoms. The fraction of sp³-hybridized carbons (Fsp3) is 0.467. The van der Waals surface area contributed by atoms with Crippen LogP contribution in [-0.2, 0) is 9.53 Å². The Morgan fingerprint density at radius 1 is 1.35 bits per heavy atom. The molecule has 1 aromatic rings. The van der Waals surface area contributed by atoms with E-state index in [1.54, 1.807) is 19.1 Å². The van der Waals surface area contributed by atoms with Crippen LogP contribution < -0.4 is 0 Å². The van der Waals surface area contributed by atoms with Gasteiger partial charge in [-0.2, -0.15) is 0 Å². The molecule has 0 fully saturated rings. The van der Waals surface area contributed by atoms with Crippen LogP contribution in [0.25, 0.3) is 0 Å². The molecule has 1 amide bonds. The second kappa shape index (κ2) is 6.93. The lowest BCUT2D eigenvalue weighted by Crippen LogP contribution is -2.41. The van der Waals surface area contributed by atoms with Crippen LogP contribution in [0, 0.1) is 6.92 Å². The van der Waals surface area contributed by atoms with E-state index in [1.807, 2.05) is 20.8 Å². The van der Waals surface area contributed by atoms with E-state index >= 15 is 0 Å². The normalized spacial score (nSPS) is 10.4. The van der Waals surface area contributed by atoms with Gasteiger partial charge >= 0.3 is 5.97 Å². The molecule has 5 heteroatoms. The van der Waals surface area contributed by atoms with Crippen molar-refractivity contribution in [1.29, 1.82) is 0 Å². The van der Waals surface area contributed by atoms with Gasteiger partial charge in [0.1, 0.15) is 12.3 Å². The molecule has 0 unspecified atom stereocenters. The van der Waals surface area contributed by atoms with Crippen molar-refractivity contribution >= 4 is 11.9 Å². The van der Waals surface area contributed by atoms with Crippen molar-refractivity contribution in [3.05, 3.63) is 29.3 Å². The number of hydrogen-bond donors (Lipinski definition) is 1. The minimum absolute atomic E-state index is 0.0879. The highest BCUT2D eigenvalue weighted by molar-refractivity contribution is 5.98. The van der Waals surface area contributed by atoms with Gasteiger partial charge in [0.15, 0.2) is 0 Å². The van der Waals surface area contributed by atoms with E-state index in [9.17, 15) is 14.7 Å². The van der Waals surface area contributed by atoms with E-state index in [0.717, 1.165) is 5.56 Å². The third-order valence-electron chi connectivity index (χ3n) is 2.87. The molecule has 1 N–H and O–H groups in total. The Balaban J connectivity index is 2.99. The standard InChI is InChI=1S/C15H21NO4/c1-5-20-14(18)9-16(10(2)3)15(19)12-8-11(4)6-7-13(12)17/h6-8,10,17H,5,9H2,1-4H3. The van der Waals surface area contributed by atoms with Gasteiger partial charge in [-0.05, 0) is 39.8 Å². The van der Waals surface area contributed by atoms with Gasteiger partial charge in [0.25, 0.3) is 5.91 Å². The molecule has 20 heavy (non-hydrogen) atoms. The lowest BCUT2D eigenvalue weighted by atomic mass is 10.1. The molecule has 1 aromatic carbocycles. The van der Waals surface area contributed by atoms with Crippen LogP contribution in [0.5, 0.6) is 5.75 Å². The Kier molecular flexibility index (Phi) is 5.55. The van der Waals surface area contributed by atoms with Gasteiger partial charge in [-0.3, -0.25) is 9.59 Å². The van der Waals surface area contributed by atoms with Crippen molar-refractivity contribution in [3.63, 3.8) is 0 Å². The number of phenols is 1. The molecule has 0 radical (unpaired) electrons. The average molecular weight is 279 g/mol. The van der Waals surface area contributed by atoms with Crippen LogP contribution in [0.1, 0.15) is 36.7 Å². The zero-order valence-corrected chi connectivity index (χ0v) is 12.3. The number of ether oxygens (including phenoxy) is 1. The van der Waals surface area contributed by atoms with E-state index in [0.29, 0.717) is 0 Å². The highest BCUT2D eigenvalue weighted by Gasteiger charge is 2.24. The van der Waals surface area contributed by atoms with Gasteiger partial charge in [0, 0.05) is 6.04 Å². The second-order valence-electron chi connectivity index (χ2n) is 4.85. The van der Waals surface area contributed by atoms with Crippen LogP contribution in [0.15, 0.2) is 18.2 Å². The molecule has 0 aliphatic heterocycles. The van der Waals surface area contributed by atoms with E-state index in [-0.39, 0.29) is 36.4 Å². The van der Waals surface area contributed by atoms with Gasteiger partial charge in [0.05, 0.1) is 12.2 Å². The van der Waals surface area contributed by atoms with Gasteiger partial charge in [-0.1, -0.05) is 11.6 Å². The number of esters is 1. The van der Waals surface area contributed by atoms with Crippen molar-refractivity contribution in [2.45, 2.75) is 33.7 Å². The summed E-state index contributed by atoms with van der Waals surface area (Å²) in [6.07, 6.45) is 0. The molecule has 0 bridgehead atoms. The quantitative estimate of drug-likeness (QED) is 0.838. The summed E-state index contributed by atoms with van der Waals surface area (Å²) >= 11 is 0. The Labute approximate surface area is 119 Å². The molecular weight excluding hydrogens is 258 g/mol. The van der Waals surface area contributed by atoms with Gasteiger partial charge in [-0.15, -0.1) is 0 Å². The second-order valence-corrected chi connectivity index (χ2v) is 4.85. The minimum Gasteiger partial charge on any atom is -0.507 e. The fourth-order valence-corrected chi connectivity index (χ4v) is 1.81. The molecule has 0 saturated carbocycles. The zero-order valence-electron chi connectivity index (χ0n) is 12.3. The number of hydrogen-bond acceptors (Lipinski definition) is 4. The Morgan fingerprint density at radius 3 is 2.55 bits per heavy atom. The highest BCUT2D eigenvalue weighted by atomic mass is 16.5. The van der Waals surface area contributed by atoms with E-state index < -0.39 is 5.97 Å². The van der Waals surface area contributed by atoms with Crippen molar-refractivity contribution in [1.82, 2.24) is 4.90 Å². The van der Waals surface area contributed by atoms with Crippen LogP contribution >= 0.6 is 0 Å². The summed E-state index contributed by atoms with van der Waals surface area (Å²) in [7, 11) is 0. The van der Waals surface area contributed by atoms with Gasteiger partial charge in [0.2, 0.25) is 0 Å². The molecule has 5 nitrogen and oxygen atoms in total. The molecule has 0 aliphatic rings. The number of aryl methyl sites for hydroxylation is 1. The Morgan fingerprint density at radius 2 is 2.00 bits per heavy atom. The lowest BCUT2D eigenvalue weighted by Gasteiger charge is -2.26. The number of rotatable bonds is 5. The van der Waals surface area contributed by atoms with Gasteiger partial charge in [-0.25, -0.2) is 0 Å². The number of benzene rings is 1. The number of amides is 1. The van der Waals surface area contributed by atoms with Crippen molar-refractivity contribution in [2.75, 3.05) is 13.2 Å². The minimum atomic E-state index is -0.457.